The molecule has 14 heavy (non-hydrogen) atoms. The standard InChI is InChI=1S/C8H12Cl4O2/c1-6(2,9)5(13)14-7(3,4)8(10,11)12/h1-4H3. The van der Waals surface area contributed by atoms with Crippen molar-refractivity contribution in [2.75, 3.05) is 0 Å². The highest BCUT2D eigenvalue weighted by atomic mass is 35.6. The van der Waals surface area contributed by atoms with Crippen molar-refractivity contribution >= 4 is 52.4 Å². The van der Waals surface area contributed by atoms with Gasteiger partial charge in [0.1, 0.15) is 4.87 Å². The molecule has 0 saturated carbocycles. The van der Waals surface area contributed by atoms with E-state index in [2.05, 4.69) is 0 Å². The molecule has 0 aliphatic carbocycles. The Bertz CT molecular complexity index is 224. The van der Waals surface area contributed by atoms with Crippen molar-refractivity contribution in [3.05, 3.63) is 0 Å². The van der Waals surface area contributed by atoms with Gasteiger partial charge in [-0.3, -0.25) is 4.79 Å². The highest BCUT2D eigenvalue weighted by molar-refractivity contribution is 6.68. The van der Waals surface area contributed by atoms with E-state index in [1.807, 2.05) is 0 Å². The summed E-state index contributed by atoms with van der Waals surface area (Å²) in [6.07, 6.45) is 0. The lowest BCUT2D eigenvalue weighted by molar-refractivity contribution is -0.158. The van der Waals surface area contributed by atoms with Crippen LogP contribution in [0.3, 0.4) is 0 Å². The molecule has 84 valence electrons. The Labute approximate surface area is 104 Å². The minimum atomic E-state index is -1.69. The van der Waals surface area contributed by atoms with E-state index in [0.717, 1.165) is 0 Å². The second-order valence-electron chi connectivity index (χ2n) is 3.87. The minimum Gasteiger partial charge on any atom is -0.454 e. The molecule has 0 N–H and O–H groups in total. The number of hydrogen-bond donors (Lipinski definition) is 0. The summed E-state index contributed by atoms with van der Waals surface area (Å²) in [6, 6.07) is 0. The summed E-state index contributed by atoms with van der Waals surface area (Å²) in [7, 11) is 0. The topological polar surface area (TPSA) is 26.3 Å². The number of carbonyl (C=O) groups is 1. The number of carbonyl (C=O) groups excluding carboxylic acids is 1. The van der Waals surface area contributed by atoms with Crippen LogP contribution in [0, 0.1) is 0 Å². The first kappa shape index (κ1) is 14.6. The SMILES string of the molecule is CC(C)(Cl)C(=O)OC(C)(C)C(Cl)(Cl)Cl. The van der Waals surface area contributed by atoms with Gasteiger partial charge in [0.2, 0.25) is 3.79 Å². The molecule has 6 heteroatoms. The Kier molecular flexibility index (Phi) is 4.44. The fourth-order valence-electron chi connectivity index (χ4n) is 0.411. The van der Waals surface area contributed by atoms with Crippen molar-refractivity contribution in [1.82, 2.24) is 0 Å². The molecule has 0 unspecified atom stereocenters. The number of halogens is 4. The molecular weight excluding hydrogens is 270 g/mol. The average Bonchev–Trinajstić information content (AvgIpc) is 1.80. The zero-order valence-corrected chi connectivity index (χ0v) is 11.4. The smallest absolute Gasteiger partial charge is 0.327 e. The van der Waals surface area contributed by atoms with Crippen molar-refractivity contribution in [3.63, 3.8) is 0 Å². The van der Waals surface area contributed by atoms with E-state index in [1.54, 1.807) is 0 Å². The largest absolute Gasteiger partial charge is 0.454 e. The second kappa shape index (κ2) is 4.25. The first-order valence-corrected chi connectivity index (χ1v) is 5.38. The zero-order chi connectivity index (χ0) is 11.8. The average molecular weight is 282 g/mol. The van der Waals surface area contributed by atoms with Gasteiger partial charge in [-0.15, -0.1) is 11.6 Å². The molecule has 0 spiro atoms. The van der Waals surface area contributed by atoms with E-state index >= 15 is 0 Å². The summed E-state index contributed by atoms with van der Waals surface area (Å²) in [6.45, 7) is 6.01. The Hall–Kier alpha value is 0.630. The lowest BCUT2D eigenvalue weighted by Gasteiger charge is -2.33. The van der Waals surface area contributed by atoms with E-state index in [0.29, 0.717) is 0 Å². The predicted octanol–water partition coefficient (Wildman–Crippen LogP) is 3.70. The van der Waals surface area contributed by atoms with Gasteiger partial charge in [-0.1, -0.05) is 34.8 Å². The van der Waals surface area contributed by atoms with Crippen LogP contribution in [0.5, 0.6) is 0 Å². The number of alkyl halides is 4. The van der Waals surface area contributed by atoms with Gasteiger partial charge in [-0.05, 0) is 27.7 Å². The molecule has 0 radical (unpaired) electrons. The Morgan fingerprint density at radius 2 is 1.36 bits per heavy atom. The van der Waals surface area contributed by atoms with Gasteiger partial charge < -0.3 is 4.74 Å². The normalized spacial score (nSPS) is 14.0. The molecule has 0 rings (SSSR count). The number of ether oxygens (including phenoxy) is 1. The van der Waals surface area contributed by atoms with Crippen LogP contribution in [0.2, 0.25) is 0 Å². The third-order valence-corrected chi connectivity index (χ3v) is 3.04. The molecule has 0 aromatic heterocycles. The lowest BCUT2D eigenvalue weighted by atomic mass is 10.1. The van der Waals surface area contributed by atoms with Gasteiger partial charge in [0, 0.05) is 0 Å². The van der Waals surface area contributed by atoms with Crippen LogP contribution in [-0.4, -0.2) is 20.2 Å². The number of rotatable bonds is 2. The van der Waals surface area contributed by atoms with E-state index in [-0.39, 0.29) is 0 Å². The maximum atomic E-state index is 11.4. The first-order valence-electron chi connectivity index (χ1n) is 3.87. The van der Waals surface area contributed by atoms with Gasteiger partial charge in [-0.25, -0.2) is 0 Å². The molecule has 0 atom stereocenters. The first-order chi connectivity index (χ1) is 5.88. The van der Waals surface area contributed by atoms with Crippen LogP contribution < -0.4 is 0 Å². The molecular formula is C8H12Cl4O2. The van der Waals surface area contributed by atoms with Crippen molar-refractivity contribution in [1.29, 1.82) is 0 Å². The van der Waals surface area contributed by atoms with Gasteiger partial charge in [0.15, 0.2) is 5.60 Å². The van der Waals surface area contributed by atoms with E-state index in [4.69, 9.17) is 51.1 Å². The van der Waals surface area contributed by atoms with E-state index in [1.165, 1.54) is 27.7 Å². The van der Waals surface area contributed by atoms with Crippen LogP contribution in [0.25, 0.3) is 0 Å². The molecule has 0 aromatic carbocycles. The third-order valence-electron chi connectivity index (χ3n) is 1.52. The molecule has 0 aliphatic rings. The summed E-state index contributed by atoms with van der Waals surface area (Å²) < 4.78 is 3.31. The quantitative estimate of drug-likeness (QED) is 0.570. The Morgan fingerprint density at radius 3 is 1.57 bits per heavy atom. The molecule has 0 aromatic rings. The van der Waals surface area contributed by atoms with Crippen molar-refractivity contribution in [2.45, 2.75) is 42.0 Å². The number of esters is 1. The maximum absolute atomic E-state index is 11.4. The highest BCUT2D eigenvalue weighted by Gasteiger charge is 2.45. The molecule has 0 saturated heterocycles. The fraction of sp³-hybridized carbons (Fsp3) is 0.875. The molecule has 0 amide bonds. The zero-order valence-electron chi connectivity index (χ0n) is 8.33. The van der Waals surface area contributed by atoms with Crippen LogP contribution in [0.15, 0.2) is 0 Å². The van der Waals surface area contributed by atoms with Gasteiger partial charge >= 0.3 is 5.97 Å². The summed E-state index contributed by atoms with van der Waals surface area (Å²) in [5.41, 5.74) is -1.22. The Morgan fingerprint density at radius 1 is 1.00 bits per heavy atom. The van der Waals surface area contributed by atoms with E-state index < -0.39 is 20.2 Å². The summed E-state index contributed by atoms with van der Waals surface area (Å²) in [4.78, 5) is 10.3. The van der Waals surface area contributed by atoms with Crippen molar-refractivity contribution < 1.29 is 9.53 Å². The maximum Gasteiger partial charge on any atom is 0.327 e. The second-order valence-corrected chi connectivity index (χ2v) is 7.10. The molecule has 0 heterocycles. The van der Waals surface area contributed by atoms with Crippen LogP contribution >= 0.6 is 46.4 Å². The molecule has 0 bridgehead atoms. The monoisotopic (exact) mass is 280 g/mol. The highest BCUT2D eigenvalue weighted by Crippen LogP contribution is 2.41. The molecule has 2 nitrogen and oxygen atoms in total. The fourth-order valence-corrected chi connectivity index (χ4v) is 0.565. The van der Waals surface area contributed by atoms with Crippen LogP contribution in [-0.2, 0) is 9.53 Å². The minimum absolute atomic E-state index is 0.629. The van der Waals surface area contributed by atoms with E-state index in [9.17, 15) is 4.79 Å². The predicted molar refractivity (Wildman–Crippen MR) is 60.4 cm³/mol. The summed E-state index contributed by atoms with van der Waals surface area (Å²) >= 11 is 22.6. The van der Waals surface area contributed by atoms with Gasteiger partial charge in [0.25, 0.3) is 0 Å². The molecule has 0 aliphatic heterocycles. The number of hydrogen-bond acceptors (Lipinski definition) is 2. The third kappa shape index (κ3) is 4.01. The molecule has 0 fully saturated rings. The Balaban J connectivity index is 4.62. The van der Waals surface area contributed by atoms with Crippen LogP contribution in [0.1, 0.15) is 27.7 Å². The summed E-state index contributed by atoms with van der Waals surface area (Å²) in [5.74, 6) is -0.629. The van der Waals surface area contributed by atoms with Crippen molar-refractivity contribution in [3.8, 4) is 0 Å². The van der Waals surface area contributed by atoms with Crippen LogP contribution in [0.4, 0.5) is 0 Å². The summed E-state index contributed by atoms with van der Waals surface area (Å²) in [5, 5.41) is 0. The lowest BCUT2D eigenvalue weighted by Crippen LogP contribution is -2.44. The van der Waals surface area contributed by atoms with Crippen molar-refractivity contribution in [2.24, 2.45) is 0 Å². The van der Waals surface area contributed by atoms with Gasteiger partial charge in [-0.2, -0.15) is 0 Å². The van der Waals surface area contributed by atoms with Gasteiger partial charge in [0.05, 0.1) is 0 Å².